The molecular formula is C17H19NO2. The SMILES string of the molecule is CNC[C@@H]1COC(c2ccccc2)(c2ccccc2)O1. The first-order chi connectivity index (χ1) is 9.85. The van der Waals surface area contributed by atoms with E-state index in [1.165, 1.54) is 0 Å². The van der Waals surface area contributed by atoms with Crippen molar-refractivity contribution in [3.8, 4) is 0 Å². The van der Waals surface area contributed by atoms with Crippen molar-refractivity contribution in [3.63, 3.8) is 0 Å². The summed E-state index contributed by atoms with van der Waals surface area (Å²) >= 11 is 0. The Balaban J connectivity index is 2.01. The van der Waals surface area contributed by atoms with Gasteiger partial charge in [0.1, 0.15) is 0 Å². The lowest BCUT2D eigenvalue weighted by Crippen LogP contribution is -2.32. The minimum absolute atomic E-state index is 0.0559. The van der Waals surface area contributed by atoms with E-state index in [-0.39, 0.29) is 6.10 Å². The highest BCUT2D eigenvalue weighted by Gasteiger charge is 2.44. The van der Waals surface area contributed by atoms with Crippen molar-refractivity contribution in [2.24, 2.45) is 0 Å². The van der Waals surface area contributed by atoms with Crippen molar-refractivity contribution in [1.29, 1.82) is 0 Å². The van der Waals surface area contributed by atoms with Crippen LogP contribution in [0.5, 0.6) is 0 Å². The van der Waals surface area contributed by atoms with Crippen molar-refractivity contribution in [1.82, 2.24) is 5.32 Å². The molecule has 0 bridgehead atoms. The van der Waals surface area contributed by atoms with Gasteiger partial charge in [-0.05, 0) is 7.05 Å². The van der Waals surface area contributed by atoms with Gasteiger partial charge in [-0.1, -0.05) is 60.7 Å². The molecule has 0 radical (unpaired) electrons. The van der Waals surface area contributed by atoms with E-state index >= 15 is 0 Å². The standard InChI is InChI=1S/C17H19NO2/c1-18-12-16-13-19-17(20-16,14-8-4-2-5-9-14)15-10-6-3-7-11-15/h2-11,16,18H,12-13H2,1H3/t16-/m1/s1. The van der Waals surface area contributed by atoms with Crippen molar-refractivity contribution in [3.05, 3.63) is 71.8 Å². The number of ether oxygens (including phenoxy) is 2. The maximum atomic E-state index is 6.28. The molecule has 20 heavy (non-hydrogen) atoms. The van der Waals surface area contributed by atoms with Crippen LogP contribution >= 0.6 is 0 Å². The van der Waals surface area contributed by atoms with Gasteiger partial charge in [-0.15, -0.1) is 0 Å². The summed E-state index contributed by atoms with van der Waals surface area (Å²) in [7, 11) is 1.92. The lowest BCUT2D eigenvalue weighted by atomic mass is 9.97. The first-order valence-corrected chi connectivity index (χ1v) is 6.92. The first kappa shape index (κ1) is 13.3. The summed E-state index contributed by atoms with van der Waals surface area (Å²) in [4.78, 5) is 0. The monoisotopic (exact) mass is 269 g/mol. The Bertz CT molecular complexity index is 502. The molecule has 3 rings (SSSR count). The van der Waals surface area contributed by atoms with Gasteiger partial charge in [0.25, 0.3) is 0 Å². The van der Waals surface area contributed by atoms with Gasteiger partial charge in [-0.25, -0.2) is 0 Å². The van der Waals surface area contributed by atoms with Crippen LogP contribution in [0.1, 0.15) is 11.1 Å². The molecule has 104 valence electrons. The molecule has 3 heteroatoms. The molecule has 0 aromatic heterocycles. The maximum absolute atomic E-state index is 6.28. The number of likely N-dealkylation sites (N-methyl/N-ethyl adjacent to an activating group) is 1. The largest absolute Gasteiger partial charge is 0.339 e. The Morgan fingerprint density at radius 1 is 1.00 bits per heavy atom. The van der Waals surface area contributed by atoms with Crippen molar-refractivity contribution < 1.29 is 9.47 Å². The molecule has 1 N–H and O–H groups in total. The topological polar surface area (TPSA) is 30.5 Å². The third-order valence-electron chi connectivity index (χ3n) is 3.54. The Labute approximate surface area is 119 Å². The fourth-order valence-corrected chi connectivity index (χ4v) is 2.63. The molecular weight excluding hydrogens is 250 g/mol. The molecule has 1 aliphatic heterocycles. The van der Waals surface area contributed by atoms with E-state index in [1.54, 1.807) is 0 Å². The number of rotatable bonds is 4. The molecule has 1 heterocycles. The molecule has 0 spiro atoms. The third kappa shape index (κ3) is 2.36. The second kappa shape index (κ2) is 5.75. The number of benzene rings is 2. The lowest BCUT2D eigenvalue weighted by Gasteiger charge is -2.29. The summed E-state index contributed by atoms with van der Waals surface area (Å²) in [6.07, 6.45) is 0.0559. The Hall–Kier alpha value is -1.68. The van der Waals surface area contributed by atoms with Gasteiger partial charge in [-0.2, -0.15) is 0 Å². The average Bonchev–Trinajstić information content (AvgIpc) is 2.95. The summed E-state index contributed by atoms with van der Waals surface area (Å²) < 4.78 is 12.4. The van der Waals surface area contributed by atoms with Crippen molar-refractivity contribution in [2.45, 2.75) is 11.9 Å². The van der Waals surface area contributed by atoms with Gasteiger partial charge in [0, 0.05) is 17.7 Å². The number of nitrogens with one attached hydrogen (secondary N) is 1. The van der Waals surface area contributed by atoms with Crippen LogP contribution in [0.25, 0.3) is 0 Å². The predicted molar refractivity (Wildman–Crippen MR) is 78.4 cm³/mol. The van der Waals surface area contributed by atoms with Gasteiger partial charge in [-0.3, -0.25) is 0 Å². The van der Waals surface area contributed by atoms with Crippen LogP contribution in [0.15, 0.2) is 60.7 Å². The van der Waals surface area contributed by atoms with Gasteiger partial charge >= 0.3 is 0 Å². The fraction of sp³-hybridized carbons (Fsp3) is 0.294. The molecule has 2 aromatic rings. The highest BCUT2D eigenvalue weighted by molar-refractivity contribution is 5.34. The number of hydrogen-bond acceptors (Lipinski definition) is 3. The summed E-state index contributed by atoms with van der Waals surface area (Å²) in [6.45, 7) is 1.37. The Morgan fingerprint density at radius 3 is 2.05 bits per heavy atom. The molecule has 0 unspecified atom stereocenters. The van der Waals surface area contributed by atoms with E-state index in [0.717, 1.165) is 17.7 Å². The quantitative estimate of drug-likeness (QED) is 0.925. The Kier molecular flexibility index (Phi) is 3.83. The Morgan fingerprint density at radius 2 is 1.55 bits per heavy atom. The second-order valence-corrected chi connectivity index (χ2v) is 4.96. The molecule has 1 saturated heterocycles. The zero-order valence-electron chi connectivity index (χ0n) is 11.6. The summed E-state index contributed by atoms with van der Waals surface area (Å²) in [5.41, 5.74) is 2.06. The molecule has 3 nitrogen and oxygen atoms in total. The molecule has 1 atom stereocenters. The van der Waals surface area contributed by atoms with Crippen LogP contribution < -0.4 is 5.32 Å². The summed E-state index contributed by atoms with van der Waals surface area (Å²) in [6, 6.07) is 20.3. The first-order valence-electron chi connectivity index (χ1n) is 6.92. The van der Waals surface area contributed by atoms with Crippen LogP contribution in [-0.4, -0.2) is 26.3 Å². The molecule has 0 amide bonds. The van der Waals surface area contributed by atoms with E-state index in [0.29, 0.717) is 6.61 Å². The van der Waals surface area contributed by atoms with Crippen LogP contribution in [0, 0.1) is 0 Å². The minimum atomic E-state index is -0.788. The van der Waals surface area contributed by atoms with E-state index < -0.39 is 5.79 Å². The average molecular weight is 269 g/mol. The fourth-order valence-electron chi connectivity index (χ4n) is 2.63. The number of hydrogen-bond donors (Lipinski definition) is 1. The lowest BCUT2D eigenvalue weighted by molar-refractivity contribution is -0.142. The predicted octanol–water partition coefficient (Wildman–Crippen LogP) is 2.52. The molecule has 2 aromatic carbocycles. The zero-order valence-corrected chi connectivity index (χ0v) is 11.6. The smallest absolute Gasteiger partial charge is 0.222 e. The van der Waals surface area contributed by atoms with Crippen LogP contribution in [0.2, 0.25) is 0 Å². The van der Waals surface area contributed by atoms with Crippen LogP contribution in [-0.2, 0) is 15.3 Å². The molecule has 0 saturated carbocycles. The third-order valence-corrected chi connectivity index (χ3v) is 3.54. The highest BCUT2D eigenvalue weighted by atomic mass is 16.7. The normalized spacial score (nSPS) is 20.9. The van der Waals surface area contributed by atoms with Crippen molar-refractivity contribution in [2.75, 3.05) is 20.2 Å². The summed E-state index contributed by atoms with van der Waals surface area (Å²) in [5.74, 6) is -0.788. The minimum Gasteiger partial charge on any atom is -0.339 e. The molecule has 1 fully saturated rings. The van der Waals surface area contributed by atoms with Crippen molar-refractivity contribution >= 4 is 0 Å². The van der Waals surface area contributed by atoms with Gasteiger partial charge < -0.3 is 14.8 Å². The van der Waals surface area contributed by atoms with E-state index in [9.17, 15) is 0 Å². The maximum Gasteiger partial charge on any atom is 0.222 e. The molecule has 0 aliphatic carbocycles. The van der Waals surface area contributed by atoms with E-state index in [2.05, 4.69) is 29.6 Å². The van der Waals surface area contributed by atoms with Gasteiger partial charge in [0.05, 0.1) is 12.7 Å². The van der Waals surface area contributed by atoms with Gasteiger partial charge in [0.15, 0.2) is 0 Å². The van der Waals surface area contributed by atoms with Gasteiger partial charge in [0.2, 0.25) is 5.79 Å². The second-order valence-electron chi connectivity index (χ2n) is 4.96. The van der Waals surface area contributed by atoms with Crippen LogP contribution in [0.3, 0.4) is 0 Å². The van der Waals surface area contributed by atoms with E-state index in [1.807, 2.05) is 43.4 Å². The zero-order chi connectivity index (χ0) is 13.8. The molecule has 1 aliphatic rings. The highest BCUT2D eigenvalue weighted by Crippen LogP contribution is 2.40. The summed E-state index contributed by atoms with van der Waals surface area (Å²) in [5, 5.41) is 3.15. The van der Waals surface area contributed by atoms with Crippen LogP contribution in [0.4, 0.5) is 0 Å². The van der Waals surface area contributed by atoms with E-state index in [4.69, 9.17) is 9.47 Å².